The van der Waals surface area contributed by atoms with E-state index >= 15 is 0 Å². The Labute approximate surface area is 214 Å². The average molecular weight is 554 g/mol. The molecule has 0 radical (unpaired) electrons. The summed E-state index contributed by atoms with van der Waals surface area (Å²) in [4.78, 5) is 36.8. The lowest BCUT2D eigenvalue weighted by Gasteiger charge is -2.16. The van der Waals surface area contributed by atoms with Crippen LogP contribution < -0.4 is 5.43 Å². The third kappa shape index (κ3) is 5.12. The van der Waals surface area contributed by atoms with E-state index in [1.807, 2.05) is 0 Å². The molecule has 0 atom stereocenters. The van der Waals surface area contributed by atoms with Crippen LogP contribution in [-0.4, -0.2) is 31.8 Å². The monoisotopic (exact) mass is 554 g/mol. The number of imide groups is 1. The molecule has 38 heavy (non-hydrogen) atoms. The number of alkyl halides is 6. The van der Waals surface area contributed by atoms with E-state index < -0.39 is 47.1 Å². The van der Waals surface area contributed by atoms with Crippen LogP contribution in [0.15, 0.2) is 47.5 Å². The maximum atomic E-state index is 13.5. The number of nitrogens with zero attached hydrogens (tertiary/aromatic N) is 3. The molecule has 0 spiro atoms. The molecular formula is C24H16F6N4O3S. The number of fused-ring (bicyclic) bond motifs is 1. The summed E-state index contributed by atoms with van der Waals surface area (Å²) in [5, 5.41) is 4.57. The lowest BCUT2D eigenvalue weighted by Crippen LogP contribution is -2.45. The van der Waals surface area contributed by atoms with Gasteiger partial charge in [0.15, 0.2) is 0 Å². The average Bonchev–Trinajstić information content (AvgIpc) is 3.57. The zero-order valence-electron chi connectivity index (χ0n) is 19.1. The highest BCUT2D eigenvalue weighted by atomic mass is 32.2. The number of carbonyl (C=O) groups is 3. The molecule has 2 aliphatic rings. The summed E-state index contributed by atoms with van der Waals surface area (Å²) in [6.45, 7) is -0.435. The molecule has 0 bridgehead atoms. The molecule has 1 aromatic heterocycles. The second kappa shape index (κ2) is 9.19. The van der Waals surface area contributed by atoms with Crippen molar-refractivity contribution < 1.29 is 40.7 Å². The molecule has 14 heteroatoms. The summed E-state index contributed by atoms with van der Waals surface area (Å²) < 4.78 is 80.7. The van der Waals surface area contributed by atoms with E-state index in [1.165, 1.54) is 23.0 Å². The number of hydrazine groups is 1. The second-order valence-corrected chi connectivity index (χ2v) is 9.75. The summed E-state index contributed by atoms with van der Waals surface area (Å²) in [6.07, 6.45) is -5.74. The van der Waals surface area contributed by atoms with Crippen LogP contribution in [0.2, 0.25) is 0 Å². The van der Waals surface area contributed by atoms with Crippen LogP contribution in [0, 0.1) is 5.92 Å². The fraction of sp³-hybridized carbons (Fsp3) is 0.250. The van der Waals surface area contributed by atoms with Gasteiger partial charge in [-0.3, -0.25) is 24.5 Å². The zero-order valence-corrected chi connectivity index (χ0v) is 19.9. The third-order valence-electron chi connectivity index (χ3n) is 5.99. The van der Waals surface area contributed by atoms with Crippen LogP contribution in [0.3, 0.4) is 0 Å². The number of hydrogen-bond donors (Lipinski definition) is 1. The van der Waals surface area contributed by atoms with Gasteiger partial charge in [0, 0.05) is 11.3 Å². The molecular weight excluding hydrogens is 538 g/mol. The van der Waals surface area contributed by atoms with E-state index in [9.17, 15) is 40.7 Å². The van der Waals surface area contributed by atoms with Gasteiger partial charge in [0.05, 0.1) is 34.3 Å². The minimum absolute atomic E-state index is 0.0670. The Hall–Kier alpha value is -3.81. The Bertz CT molecular complexity index is 1510. The molecule has 0 unspecified atom stereocenters. The first kappa shape index (κ1) is 25.8. The van der Waals surface area contributed by atoms with Gasteiger partial charge in [-0.15, -0.1) is 0 Å². The maximum Gasteiger partial charge on any atom is 0.416 e. The van der Waals surface area contributed by atoms with Crippen LogP contribution in [-0.2, 0) is 28.5 Å². The molecule has 7 nitrogen and oxygen atoms in total. The Balaban J connectivity index is 1.39. The third-order valence-corrected chi connectivity index (χ3v) is 6.86. The number of hydrogen-bond acceptors (Lipinski definition) is 5. The summed E-state index contributed by atoms with van der Waals surface area (Å²) in [7, 11) is 0. The van der Waals surface area contributed by atoms with Gasteiger partial charge in [0.25, 0.3) is 5.91 Å². The van der Waals surface area contributed by atoms with Gasteiger partial charge in [-0.05, 0) is 66.1 Å². The SMILES string of the molecule is O=C(NN1C(=O)SC(=Cc2ccc3c(cnn3Cc3ccc(C(F)(F)F)cc3C(F)(F)F)c2)C1=O)C1CC1. The minimum Gasteiger partial charge on any atom is -0.273 e. The highest BCUT2D eigenvalue weighted by Crippen LogP contribution is 2.38. The number of nitrogens with one attached hydrogen (secondary N) is 1. The van der Waals surface area contributed by atoms with Crippen molar-refractivity contribution >= 4 is 45.8 Å². The van der Waals surface area contributed by atoms with Gasteiger partial charge in [0.1, 0.15) is 0 Å². The van der Waals surface area contributed by atoms with Crippen molar-refractivity contribution in [3.8, 4) is 0 Å². The molecule has 1 saturated carbocycles. The van der Waals surface area contributed by atoms with E-state index in [2.05, 4.69) is 10.5 Å². The maximum absolute atomic E-state index is 13.5. The Morgan fingerprint density at radius 1 is 1.05 bits per heavy atom. The standard InChI is InChI=1S/C24H16F6N4O3S/c25-23(26,27)16-5-4-14(17(9-16)24(28,29)30)11-33-18-6-1-12(7-15(18)10-31-33)8-19-21(36)34(22(37)38-19)32-20(35)13-2-3-13/h1,4-10,13H,2-3,11H2,(H,32,35). The van der Waals surface area contributed by atoms with Crippen molar-refractivity contribution in [3.05, 3.63) is 69.8 Å². The molecule has 2 heterocycles. The summed E-state index contributed by atoms with van der Waals surface area (Å²) >= 11 is 0.646. The lowest BCUT2D eigenvalue weighted by molar-refractivity contribution is -0.143. The number of amides is 3. The van der Waals surface area contributed by atoms with E-state index in [0.717, 1.165) is 6.07 Å². The largest absolute Gasteiger partial charge is 0.416 e. The molecule has 1 N–H and O–H groups in total. The number of thioether (sulfide) groups is 1. The van der Waals surface area contributed by atoms with E-state index in [4.69, 9.17) is 0 Å². The predicted octanol–water partition coefficient (Wildman–Crippen LogP) is 5.60. The van der Waals surface area contributed by atoms with Gasteiger partial charge in [-0.1, -0.05) is 12.1 Å². The Morgan fingerprint density at radius 2 is 1.79 bits per heavy atom. The van der Waals surface area contributed by atoms with Crippen LogP contribution in [0.4, 0.5) is 31.1 Å². The Morgan fingerprint density at radius 3 is 2.45 bits per heavy atom. The fourth-order valence-electron chi connectivity index (χ4n) is 3.90. The molecule has 1 saturated heterocycles. The van der Waals surface area contributed by atoms with Gasteiger partial charge in [0.2, 0.25) is 5.91 Å². The zero-order chi connectivity index (χ0) is 27.4. The summed E-state index contributed by atoms with van der Waals surface area (Å²) in [5.41, 5.74) is 0.0115. The Kier molecular flexibility index (Phi) is 6.24. The highest BCUT2D eigenvalue weighted by Gasteiger charge is 2.40. The summed E-state index contributed by atoms with van der Waals surface area (Å²) in [6, 6.07) is 6.13. The molecule has 3 amide bonds. The van der Waals surface area contributed by atoms with Crippen molar-refractivity contribution in [2.45, 2.75) is 31.7 Å². The van der Waals surface area contributed by atoms with Gasteiger partial charge < -0.3 is 0 Å². The van der Waals surface area contributed by atoms with Crippen molar-refractivity contribution in [1.82, 2.24) is 20.2 Å². The fourth-order valence-corrected chi connectivity index (χ4v) is 4.68. The number of aromatic nitrogens is 2. The van der Waals surface area contributed by atoms with Gasteiger partial charge in [-0.2, -0.15) is 36.5 Å². The van der Waals surface area contributed by atoms with Crippen molar-refractivity contribution in [1.29, 1.82) is 0 Å². The minimum atomic E-state index is -5.01. The van der Waals surface area contributed by atoms with E-state index in [1.54, 1.807) is 12.1 Å². The molecule has 3 aromatic rings. The smallest absolute Gasteiger partial charge is 0.273 e. The first-order valence-corrected chi connectivity index (χ1v) is 11.9. The van der Waals surface area contributed by atoms with Gasteiger partial charge >= 0.3 is 17.6 Å². The number of halogens is 6. The molecule has 5 rings (SSSR count). The van der Waals surface area contributed by atoms with Crippen LogP contribution >= 0.6 is 11.8 Å². The van der Waals surface area contributed by atoms with E-state index in [-0.39, 0.29) is 22.5 Å². The number of rotatable bonds is 5. The van der Waals surface area contributed by atoms with Crippen LogP contribution in [0.5, 0.6) is 0 Å². The topological polar surface area (TPSA) is 84.3 Å². The predicted molar refractivity (Wildman–Crippen MR) is 124 cm³/mol. The lowest BCUT2D eigenvalue weighted by atomic mass is 10.0. The van der Waals surface area contributed by atoms with Crippen molar-refractivity contribution in [3.63, 3.8) is 0 Å². The molecule has 1 aliphatic heterocycles. The molecule has 2 fully saturated rings. The van der Waals surface area contributed by atoms with E-state index in [0.29, 0.717) is 52.1 Å². The normalized spacial score (nSPS) is 17.6. The van der Waals surface area contributed by atoms with Crippen molar-refractivity contribution in [2.24, 2.45) is 5.92 Å². The second-order valence-electron chi connectivity index (χ2n) is 8.76. The van der Waals surface area contributed by atoms with Crippen molar-refractivity contribution in [2.75, 3.05) is 0 Å². The van der Waals surface area contributed by atoms with Crippen LogP contribution in [0.1, 0.15) is 35.1 Å². The number of carbonyl (C=O) groups excluding carboxylic acids is 3. The van der Waals surface area contributed by atoms with Gasteiger partial charge in [-0.25, -0.2) is 0 Å². The molecule has 2 aromatic carbocycles. The number of benzene rings is 2. The first-order chi connectivity index (χ1) is 17.8. The first-order valence-electron chi connectivity index (χ1n) is 11.1. The summed E-state index contributed by atoms with van der Waals surface area (Å²) in [5.74, 6) is -1.29. The highest BCUT2D eigenvalue weighted by molar-refractivity contribution is 8.18. The molecule has 198 valence electrons. The van der Waals surface area contributed by atoms with Crippen LogP contribution in [0.25, 0.3) is 17.0 Å². The molecule has 1 aliphatic carbocycles. The quantitative estimate of drug-likeness (QED) is 0.328.